The number of benzene rings is 1. The molecule has 1 fully saturated rings. The first-order valence-corrected chi connectivity index (χ1v) is 8.26. The molecule has 140 valence electrons. The normalized spacial score (nSPS) is 17.3. The molecule has 1 aromatic rings. The third-order valence-corrected chi connectivity index (χ3v) is 4.23. The SMILES string of the molecule is O=C1c2ccc(OCCN3CCOCC3)cc2C(=O)N1CCO[N+](=O)[O-]. The predicted molar refractivity (Wildman–Crippen MR) is 87.5 cm³/mol. The van der Waals surface area contributed by atoms with Crippen molar-refractivity contribution < 1.29 is 29.0 Å². The summed E-state index contributed by atoms with van der Waals surface area (Å²) < 4.78 is 11.0. The summed E-state index contributed by atoms with van der Waals surface area (Å²) in [5.41, 5.74) is 0.497. The van der Waals surface area contributed by atoms with Gasteiger partial charge in [-0.15, -0.1) is 10.1 Å². The van der Waals surface area contributed by atoms with Crippen LogP contribution in [0.4, 0.5) is 0 Å². The zero-order valence-corrected chi connectivity index (χ0v) is 14.1. The van der Waals surface area contributed by atoms with Crippen LogP contribution >= 0.6 is 0 Å². The molecule has 0 radical (unpaired) electrons. The Bertz CT molecular complexity index is 703. The van der Waals surface area contributed by atoms with E-state index in [1.54, 1.807) is 6.07 Å². The summed E-state index contributed by atoms with van der Waals surface area (Å²) in [7, 11) is 0. The van der Waals surface area contributed by atoms with E-state index in [2.05, 4.69) is 9.74 Å². The molecule has 2 aliphatic heterocycles. The van der Waals surface area contributed by atoms with Crippen LogP contribution in [-0.2, 0) is 9.57 Å². The summed E-state index contributed by atoms with van der Waals surface area (Å²) in [6.45, 7) is 3.82. The van der Waals surface area contributed by atoms with E-state index in [0.29, 0.717) is 25.6 Å². The second-order valence-corrected chi connectivity index (χ2v) is 5.83. The molecule has 10 heteroatoms. The van der Waals surface area contributed by atoms with Crippen LogP contribution in [0.15, 0.2) is 18.2 Å². The number of imide groups is 1. The number of fused-ring (bicyclic) bond motifs is 1. The Kier molecular flexibility index (Phi) is 5.64. The molecule has 0 bridgehead atoms. The Morgan fingerprint density at radius 1 is 1.08 bits per heavy atom. The van der Waals surface area contributed by atoms with Crippen LogP contribution in [0.1, 0.15) is 20.7 Å². The summed E-state index contributed by atoms with van der Waals surface area (Å²) in [6, 6.07) is 4.71. The standard InChI is InChI=1S/C16H19N3O7/c20-15-13-2-1-12(25-9-5-17-3-7-24-8-4-17)11-14(13)16(21)18(15)6-10-26-19(22)23/h1-2,11H,3-10H2. The molecule has 0 unspecified atom stereocenters. The van der Waals surface area contributed by atoms with Crippen LogP contribution in [0, 0.1) is 10.1 Å². The van der Waals surface area contributed by atoms with Crippen molar-refractivity contribution >= 4 is 11.8 Å². The Hall–Kier alpha value is -2.72. The van der Waals surface area contributed by atoms with Gasteiger partial charge in [0.25, 0.3) is 16.9 Å². The number of nitrogens with zero attached hydrogens (tertiary/aromatic N) is 3. The largest absolute Gasteiger partial charge is 0.492 e. The van der Waals surface area contributed by atoms with Crippen molar-refractivity contribution in [3.05, 3.63) is 39.4 Å². The van der Waals surface area contributed by atoms with Crippen LogP contribution in [0.25, 0.3) is 0 Å². The van der Waals surface area contributed by atoms with Crippen LogP contribution < -0.4 is 4.74 Å². The van der Waals surface area contributed by atoms with Crippen LogP contribution in [0.3, 0.4) is 0 Å². The Labute approximate surface area is 149 Å². The molecule has 1 aromatic carbocycles. The lowest BCUT2D eigenvalue weighted by Gasteiger charge is -2.26. The number of carbonyl (C=O) groups excluding carboxylic acids is 2. The van der Waals surface area contributed by atoms with Crippen molar-refractivity contribution in [1.82, 2.24) is 9.80 Å². The number of hydrogen-bond acceptors (Lipinski definition) is 8. The summed E-state index contributed by atoms with van der Waals surface area (Å²) in [5, 5.41) is 9.22. The molecular weight excluding hydrogens is 346 g/mol. The lowest BCUT2D eigenvalue weighted by Crippen LogP contribution is -2.38. The first-order valence-electron chi connectivity index (χ1n) is 8.26. The molecule has 2 aliphatic rings. The van der Waals surface area contributed by atoms with Gasteiger partial charge in [0.05, 0.1) is 30.9 Å². The molecule has 0 N–H and O–H groups in total. The number of morpholine rings is 1. The highest BCUT2D eigenvalue weighted by atomic mass is 16.9. The Morgan fingerprint density at radius 3 is 2.54 bits per heavy atom. The zero-order chi connectivity index (χ0) is 18.5. The number of ether oxygens (including phenoxy) is 2. The fourth-order valence-electron chi connectivity index (χ4n) is 2.89. The zero-order valence-electron chi connectivity index (χ0n) is 14.1. The smallest absolute Gasteiger partial charge is 0.294 e. The monoisotopic (exact) mass is 365 g/mol. The highest BCUT2D eigenvalue weighted by Crippen LogP contribution is 2.26. The molecule has 1 saturated heterocycles. The average molecular weight is 365 g/mol. The molecule has 2 heterocycles. The molecule has 0 aromatic heterocycles. The van der Waals surface area contributed by atoms with E-state index in [9.17, 15) is 19.7 Å². The quantitative estimate of drug-likeness (QED) is 0.365. The highest BCUT2D eigenvalue weighted by molar-refractivity contribution is 6.21. The van der Waals surface area contributed by atoms with Gasteiger partial charge in [0.15, 0.2) is 0 Å². The minimum Gasteiger partial charge on any atom is -0.492 e. The topological polar surface area (TPSA) is 111 Å². The van der Waals surface area contributed by atoms with Gasteiger partial charge in [-0.25, -0.2) is 0 Å². The van der Waals surface area contributed by atoms with Crippen molar-refractivity contribution in [2.75, 3.05) is 52.6 Å². The van der Waals surface area contributed by atoms with Gasteiger partial charge in [-0.05, 0) is 18.2 Å². The molecule has 10 nitrogen and oxygen atoms in total. The van der Waals surface area contributed by atoms with E-state index < -0.39 is 16.9 Å². The summed E-state index contributed by atoms with van der Waals surface area (Å²) in [4.78, 5) is 42.1. The van der Waals surface area contributed by atoms with Crippen LogP contribution in [-0.4, -0.2) is 79.3 Å². The van der Waals surface area contributed by atoms with Crippen LogP contribution in [0.2, 0.25) is 0 Å². The molecule has 0 saturated carbocycles. The third kappa shape index (κ3) is 4.09. The maximum Gasteiger partial charge on any atom is 0.294 e. The fourth-order valence-corrected chi connectivity index (χ4v) is 2.89. The van der Waals surface area contributed by atoms with Crippen molar-refractivity contribution in [3.63, 3.8) is 0 Å². The van der Waals surface area contributed by atoms with E-state index in [1.165, 1.54) is 12.1 Å². The highest BCUT2D eigenvalue weighted by Gasteiger charge is 2.35. The van der Waals surface area contributed by atoms with E-state index in [4.69, 9.17) is 9.47 Å². The van der Waals surface area contributed by atoms with E-state index in [-0.39, 0.29) is 24.3 Å². The molecule has 0 aliphatic carbocycles. The van der Waals surface area contributed by atoms with Gasteiger partial charge in [0, 0.05) is 19.6 Å². The van der Waals surface area contributed by atoms with Gasteiger partial charge in [-0.1, -0.05) is 0 Å². The summed E-state index contributed by atoms with van der Waals surface area (Å²) in [5.74, 6) is -0.492. The fraction of sp³-hybridized carbons (Fsp3) is 0.500. The lowest BCUT2D eigenvalue weighted by molar-refractivity contribution is -0.757. The van der Waals surface area contributed by atoms with Crippen molar-refractivity contribution in [1.29, 1.82) is 0 Å². The molecular formula is C16H19N3O7. The van der Waals surface area contributed by atoms with Crippen molar-refractivity contribution in [2.45, 2.75) is 0 Å². The summed E-state index contributed by atoms with van der Waals surface area (Å²) >= 11 is 0. The Balaban J connectivity index is 1.57. The number of amides is 2. The number of rotatable bonds is 8. The van der Waals surface area contributed by atoms with Gasteiger partial charge in [-0.2, -0.15) is 0 Å². The predicted octanol–water partition coefficient (Wildman–Crippen LogP) is 0.202. The second kappa shape index (κ2) is 8.11. The van der Waals surface area contributed by atoms with Gasteiger partial charge in [-0.3, -0.25) is 19.4 Å². The number of carbonyl (C=O) groups is 2. The van der Waals surface area contributed by atoms with Gasteiger partial charge < -0.3 is 14.3 Å². The maximum atomic E-state index is 12.4. The van der Waals surface area contributed by atoms with E-state index in [0.717, 1.165) is 24.5 Å². The first-order chi connectivity index (χ1) is 12.6. The minimum atomic E-state index is -0.960. The molecule has 0 atom stereocenters. The minimum absolute atomic E-state index is 0.180. The van der Waals surface area contributed by atoms with Crippen molar-refractivity contribution in [3.8, 4) is 5.75 Å². The molecule has 0 spiro atoms. The summed E-state index contributed by atoms with van der Waals surface area (Å²) in [6.07, 6.45) is 0. The van der Waals surface area contributed by atoms with Gasteiger partial charge in [0.2, 0.25) is 0 Å². The second-order valence-electron chi connectivity index (χ2n) is 5.83. The van der Waals surface area contributed by atoms with Crippen molar-refractivity contribution in [2.24, 2.45) is 0 Å². The molecule has 2 amide bonds. The number of hydrogen-bond donors (Lipinski definition) is 0. The molecule has 26 heavy (non-hydrogen) atoms. The van der Waals surface area contributed by atoms with E-state index in [1.807, 2.05) is 0 Å². The maximum absolute atomic E-state index is 12.4. The Morgan fingerprint density at radius 2 is 1.81 bits per heavy atom. The lowest BCUT2D eigenvalue weighted by atomic mass is 10.1. The average Bonchev–Trinajstić information content (AvgIpc) is 2.87. The van der Waals surface area contributed by atoms with E-state index >= 15 is 0 Å². The molecule has 3 rings (SSSR count). The first kappa shape index (κ1) is 18.1. The van der Waals surface area contributed by atoms with Crippen LogP contribution in [0.5, 0.6) is 5.75 Å². The van der Waals surface area contributed by atoms with Gasteiger partial charge in [0.1, 0.15) is 19.0 Å². The third-order valence-electron chi connectivity index (χ3n) is 4.23. The van der Waals surface area contributed by atoms with Gasteiger partial charge >= 0.3 is 0 Å².